The number of carbonyl (C=O) groups is 1. The van der Waals surface area contributed by atoms with Crippen molar-refractivity contribution >= 4 is 17.2 Å². The first kappa shape index (κ1) is 18.8. The highest BCUT2D eigenvalue weighted by atomic mass is 32.1. The van der Waals surface area contributed by atoms with E-state index in [4.69, 9.17) is 0 Å². The first-order valence-corrected chi connectivity index (χ1v) is 9.66. The average Bonchev–Trinajstić information content (AvgIpc) is 3.15. The lowest BCUT2D eigenvalue weighted by atomic mass is 9.90. The van der Waals surface area contributed by atoms with Crippen LogP contribution in [-0.2, 0) is 0 Å². The van der Waals surface area contributed by atoms with Gasteiger partial charge in [-0.25, -0.2) is 0 Å². The number of hydrogen-bond acceptors (Lipinski definition) is 7. The second-order valence-electron chi connectivity index (χ2n) is 7.00. The monoisotopic (exact) mass is 370 g/mol. The van der Waals surface area contributed by atoms with Crippen molar-refractivity contribution in [3.63, 3.8) is 0 Å². The second kappa shape index (κ2) is 8.11. The zero-order valence-electron chi connectivity index (χ0n) is 14.1. The number of aliphatic hydroxyl groups excluding tert-OH is 4. The predicted octanol–water partition coefficient (Wildman–Crippen LogP) is -0.641. The van der Waals surface area contributed by atoms with Crippen LogP contribution in [0, 0.1) is 5.92 Å². The first-order chi connectivity index (χ1) is 12.0. The molecule has 0 aliphatic carbocycles. The molecule has 8 heteroatoms. The third-order valence-corrected chi connectivity index (χ3v) is 6.06. The predicted molar refractivity (Wildman–Crippen MR) is 93.4 cm³/mol. The second-order valence-corrected chi connectivity index (χ2v) is 7.78. The zero-order chi connectivity index (χ0) is 18.0. The van der Waals surface area contributed by atoms with Crippen molar-refractivity contribution in [3.05, 3.63) is 22.4 Å². The summed E-state index contributed by atoms with van der Waals surface area (Å²) in [6.45, 7) is 1.97. The zero-order valence-corrected chi connectivity index (χ0v) is 14.9. The highest BCUT2D eigenvalue weighted by Gasteiger charge is 2.41. The van der Waals surface area contributed by atoms with Gasteiger partial charge in [0.15, 0.2) is 0 Å². The van der Waals surface area contributed by atoms with Crippen LogP contribution in [0.15, 0.2) is 16.8 Å². The van der Waals surface area contributed by atoms with E-state index >= 15 is 0 Å². The third kappa shape index (κ3) is 4.05. The molecule has 0 spiro atoms. The first-order valence-electron chi connectivity index (χ1n) is 8.71. The molecule has 3 heterocycles. The van der Waals surface area contributed by atoms with E-state index in [1.54, 1.807) is 0 Å². The average molecular weight is 370 g/mol. The molecule has 2 aliphatic heterocycles. The number of hydrogen-bond donors (Lipinski definition) is 4. The number of nitrogens with zero attached hydrogens (tertiary/aromatic N) is 2. The number of thiophene rings is 1. The molecule has 2 fully saturated rings. The maximum absolute atomic E-state index is 12.4. The van der Waals surface area contributed by atoms with E-state index in [9.17, 15) is 25.2 Å². The number of piperidine rings is 2. The molecule has 1 aromatic heterocycles. The van der Waals surface area contributed by atoms with E-state index in [1.807, 2.05) is 26.6 Å². The molecule has 2 aliphatic rings. The lowest BCUT2D eigenvalue weighted by Gasteiger charge is -2.45. The summed E-state index contributed by atoms with van der Waals surface area (Å²) in [5.74, 6) is 0.398. The Morgan fingerprint density at radius 1 is 1.20 bits per heavy atom. The fourth-order valence-corrected chi connectivity index (χ4v) is 4.44. The van der Waals surface area contributed by atoms with Crippen molar-refractivity contribution in [1.82, 2.24) is 9.80 Å². The van der Waals surface area contributed by atoms with Gasteiger partial charge in [0, 0.05) is 31.6 Å². The van der Waals surface area contributed by atoms with Gasteiger partial charge in [0.25, 0.3) is 5.91 Å². The highest BCUT2D eigenvalue weighted by molar-refractivity contribution is 7.08. The number of rotatable bonds is 4. The molecule has 1 amide bonds. The van der Waals surface area contributed by atoms with Crippen molar-refractivity contribution in [2.75, 3.05) is 32.8 Å². The Kier molecular flexibility index (Phi) is 6.08. The molecule has 0 unspecified atom stereocenters. The summed E-state index contributed by atoms with van der Waals surface area (Å²) in [5.41, 5.74) is 0.736. The molecule has 140 valence electrons. The topological polar surface area (TPSA) is 104 Å². The molecule has 3 rings (SSSR count). The Labute approximate surface area is 151 Å². The van der Waals surface area contributed by atoms with Crippen LogP contribution in [0.2, 0.25) is 0 Å². The van der Waals surface area contributed by atoms with Gasteiger partial charge in [-0.2, -0.15) is 11.3 Å². The molecule has 1 aromatic rings. The Morgan fingerprint density at radius 3 is 2.52 bits per heavy atom. The van der Waals surface area contributed by atoms with Crippen LogP contribution in [0.1, 0.15) is 23.2 Å². The minimum atomic E-state index is -1.22. The van der Waals surface area contributed by atoms with Crippen LogP contribution in [-0.4, -0.2) is 93.3 Å². The van der Waals surface area contributed by atoms with Gasteiger partial charge in [0.05, 0.1) is 24.3 Å². The minimum absolute atomic E-state index is 0.0693. The molecule has 0 radical (unpaired) electrons. The SMILES string of the molecule is O=C(c1ccsc1)N1CCC(CN2C[C@H](O)[C@@H](O)[C@H](O)[C@H]2CO)CC1. The highest BCUT2D eigenvalue weighted by Crippen LogP contribution is 2.25. The summed E-state index contributed by atoms with van der Waals surface area (Å²) < 4.78 is 0. The molecule has 0 saturated carbocycles. The van der Waals surface area contributed by atoms with Crippen molar-refractivity contribution < 1.29 is 25.2 Å². The van der Waals surface area contributed by atoms with Gasteiger partial charge in [-0.1, -0.05) is 0 Å². The summed E-state index contributed by atoms with van der Waals surface area (Å²) in [6, 6.07) is 1.27. The Bertz CT molecular complexity index is 561. The van der Waals surface area contributed by atoms with Gasteiger partial charge in [-0.3, -0.25) is 9.69 Å². The van der Waals surface area contributed by atoms with Gasteiger partial charge >= 0.3 is 0 Å². The summed E-state index contributed by atoms with van der Waals surface area (Å²) in [6.07, 6.45) is -1.70. The maximum Gasteiger partial charge on any atom is 0.254 e. The van der Waals surface area contributed by atoms with E-state index in [2.05, 4.69) is 0 Å². The summed E-state index contributed by atoms with van der Waals surface area (Å²) in [4.78, 5) is 16.1. The van der Waals surface area contributed by atoms with Crippen LogP contribution in [0.25, 0.3) is 0 Å². The summed E-state index contributed by atoms with van der Waals surface area (Å²) in [7, 11) is 0. The lowest BCUT2D eigenvalue weighted by Crippen LogP contribution is -2.63. The summed E-state index contributed by atoms with van der Waals surface area (Å²) in [5, 5.41) is 43.0. The fourth-order valence-electron chi connectivity index (χ4n) is 3.81. The number of carbonyl (C=O) groups excluding carboxylic acids is 1. The molecule has 0 aromatic carbocycles. The molecule has 0 bridgehead atoms. The Balaban J connectivity index is 1.54. The van der Waals surface area contributed by atoms with Gasteiger partial charge in [-0.05, 0) is 30.2 Å². The van der Waals surface area contributed by atoms with E-state index < -0.39 is 24.4 Å². The van der Waals surface area contributed by atoms with Crippen molar-refractivity contribution in [2.24, 2.45) is 5.92 Å². The van der Waals surface area contributed by atoms with Crippen LogP contribution in [0.5, 0.6) is 0 Å². The maximum atomic E-state index is 12.4. The molecule has 4 atom stereocenters. The van der Waals surface area contributed by atoms with Crippen LogP contribution in [0.4, 0.5) is 0 Å². The van der Waals surface area contributed by atoms with Crippen molar-refractivity contribution in [3.8, 4) is 0 Å². The van der Waals surface area contributed by atoms with Crippen molar-refractivity contribution in [1.29, 1.82) is 0 Å². The van der Waals surface area contributed by atoms with Crippen LogP contribution >= 0.6 is 11.3 Å². The van der Waals surface area contributed by atoms with E-state index in [-0.39, 0.29) is 19.1 Å². The van der Waals surface area contributed by atoms with Crippen LogP contribution in [0.3, 0.4) is 0 Å². The fraction of sp³-hybridized carbons (Fsp3) is 0.706. The number of β-amino-alcohol motifs (C(OH)–C–C–N with tert-alkyl or cyclic N) is 1. The standard InChI is InChI=1S/C17H26N2O5S/c20-9-13-15(22)16(23)14(21)8-19(13)7-11-1-4-18(5-2-11)17(24)12-3-6-25-10-12/h3,6,10-11,13-16,20-23H,1-2,4-5,7-9H2/t13-,14+,15-,16-/m1/s1. The van der Waals surface area contributed by atoms with Gasteiger partial charge < -0.3 is 25.3 Å². The largest absolute Gasteiger partial charge is 0.395 e. The normalized spacial score (nSPS) is 32.1. The molecular formula is C17H26N2O5S. The molecule has 4 N–H and O–H groups in total. The lowest BCUT2D eigenvalue weighted by molar-refractivity contribution is -0.148. The van der Waals surface area contributed by atoms with Gasteiger partial charge in [0.2, 0.25) is 0 Å². The number of likely N-dealkylation sites (tertiary alicyclic amines) is 2. The molecular weight excluding hydrogens is 344 g/mol. The van der Waals surface area contributed by atoms with Crippen LogP contribution < -0.4 is 0 Å². The van der Waals surface area contributed by atoms with Gasteiger partial charge in [-0.15, -0.1) is 0 Å². The molecule has 25 heavy (non-hydrogen) atoms. The Hall–Kier alpha value is -1.03. The van der Waals surface area contributed by atoms with E-state index in [1.165, 1.54) is 11.3 Å². The number of aliphatic hydroxyl groups is 4. The van der Waals surface area contributed by atoms with E-state index in [0.717, 1.165) is 18.4 Å². The molecule has 7 nitrogen and oxygen atoms in total. The number of amides is 1. The van der Waals surface area contributed by atoms with Crippen molar-refractivity contribution in [2.45, 2.75) is 37.2 Å². The van der Waals surface area contributed by atoms with E-state index in [0.29, 0.717) is 25.6 Å². The quantitative estimate of drug-likeness (QED) is 0.562. The Morgan fingerprint density at radius 2 is 1.92 bits per heavy atom. The smallest absolute Gasteiger partial charge is 0.254 e. The third-order valence-electron chi connectivity index (χ3n) is 5.38. The molecule has 2 saturated heterocycles. The minimum Gasteiger partial charge on any atom is -0.395 e. The van der Waals surface area contributed by atoms with Gasteiger partial charge in [0.1, 0.15) is 12.2 Å². The summed E-state index contributed by atoms with van der Waals surface area (Å²) >= 11 is 1.51.